The lowest BCUT2D eigenvalue weighted by atomic mass is 10.0. The number of aryl methyl sites for hydroxylation is 2. The largest absolute Gasteiger partial charge is 0.496 e. The molecule has 0 aliphatic carbocycles. The summed E-state index contributed by atoms with van der Waals surface area (Å²) in [6.45, 7) is 6.51. The van der Waals surface area contributed by atoms with Crippen LogP contribution in [-0.2, 0) is 6.54 Å². The molecule has 2 nitrogen and oxygen atoms in total. The second kappa shape index (κ2) is 7.71. The van der Waals surface area contributed by atoms with Crippen LogP contribution in [0.3, 0.4) is 0 Å². The fraction of sp³-hybridized carbons (Fsp3) is 0.300. The van der Waals surface area contributed by atoms with Gasteiger partial charge in [0, 0.05) is 24.3 Å². The topological polar surface area (TPSA) is 12.5 Å². The minimum Gasteiger partial charge on any atom is -0.496 e. The van der Waals surface area contributed by atoms with Crippen LogP contribution in [0.4, 0.5) is 10.1 Å². The molecule has 0 heterocycles. The van der Waals surface area contributed by atoms with Crippen LogP contribution in [0.15, 0.2) is 35.4 Å². The number of methoxy groups -OCH3 is 1. The molecule has 0 saturated heterocycles. The van der Waals surface area contributed by atoms with Crippen molar-refractivity contribution in [3.05, 3.63) is 63.4 Å². The van der Waals surface area contributed by atoms with Gasteiger partial charge in [0.05, 0.1) is 7.11 Å². The average Bonchev–Trinajstić information content (AvgIpc) is 2.49. The van der Waals surface area contributed by atoms with Gasteiger partial charge in [-0.3, -0.25) is 0 Å². The first kappa shape index (κ1) is 18.3. The lowest BCUT2D eigenvalue weighted by Gasteiger charge is -2.23. The molecule has 0 saturated carbocycles. The van der Waals surface area contributed by atoms with Crippen LogP contribution in [0.25, 0.3) is 6.08 Å². The third kappa shape index (κ3) is 4.30. The first-order valence-electron chi connectivity index (χ1n) is 7.80. The highest BCUT2D eigenvalue weighted by Crippen LogP contribution is 2.29. The van der Waals surface area contributed by atoms with E-state index in [4.69, 9.17) is 16.3 Å². The first-order valence-corrected chi connectivity index (χ1v) is 8.18. The Kier molecular flexibility index (Phi) is 5.89. The lowest BCUT2D eigenvalue weighted by molar-refractivity contribution is 0.408. The van der Waals surface area contributed by atoms with Crippen molar-refractivity contribution in [2.75, 3.05) is 19.1 Å². The minimum atomic E-state index is -0.262. The van der Waals surface area contributed by atoms with Crippen molar-refractivity contribution in [1.29, 1.82) is 0 Å². The van der Waals surface area contributed by atoms with Crippen molar-refractivity contribution >= 4 is 23.4 Å². The van der Waals surface area contributed by atoms with Gasteiger partial charge in [-0.05, 0) is 73.4 Å². The molecule has 0 radical (unpaired) electrons. The molecule has 24 heavy (non-hydrogen) atoms. The summed E-state index contributed by atoms with van der Waals surface area (Å²) < 4.78 is 19.0. The Morgan fingerprint density at radius 1 is 1.21 bits per heavy atom. The zero-order valence-corrected chi connectivity index (χ0v) is 15.5. The molecule has 0 aliphatic heterocycles. The third-order valence-electron chi connectivity index (χ3n) is 3.96. The summed E-state index contributed by atoms with van der Waals surface area (Å²) in [5.41, 5.74) is 5.10. The Hall–Kier alpha value is -2.00. The molecule has 2 aromatic rings. The van der Waals surface area contributed by atoms with Gasteiger partial charge in [-0.15, -0.1) is 0 Å². The molecule has 0 bridgehead atoms. The number of nitrogens with zero attached hydrogens (tertiary/aromatic N) is 1. The molecule has 0 aromatic heterocycles. The maximum atomic E-state index is 13.5. The number of ether oxygens (including phenoxy) is 1. The zero-order valence-electron chi connectivity index (χ0n) is 14.8. The van der Waals surface area contributed by atoms with E-state index in [-0.39, 0.29) is 5.82 Å². The number of allylic oxidation sites excluding steroid dienone is 1. The van der Waals surface area contributed by atoms with Gasteiger partial charge in [-0.1, -0.05) is 17.7 Å². The van der Waals surface area contributed by atoms with Crippen LogP contribution in [0.2, 0.25) is 0 Å². The van der Waals surface area contributed by atoms with E-state index < -0.39 is 0 Å². The van der Waals surface area contributed by atoms with Crippen molar-refractivity contribution < 1.29 is 9.13 Å². The number of hydrogen-bond acceptors (Lipinski definition) is 2. The predicted molar refractivity (Wildman–Crippen MR) is 100 cm³/mol. The molecular weight excluding hydrogens is 325 g/mol. The number of benzene rings is 2. The van der Waals surface area contributed by atoms with Gasteiger partial charge in [0.1, 0.15) is 11.6 Å². The van der Waals surface area contributed by atoms with Gasteiger partial charge in [0.15, 0.2) is 0 Å². The molecule has 0 amide bonds. The average molecular weight is 348 g/mol. The lowest BCUT2D eigenvalue weighted by Crippen LogP contribution is -2.17. The third-order valence-corrected chi connectivity index (χ3v) is 4.07. The number of halogens is 2. The van der Waals surface area contributed by atoms with Crippen molar-refractivity contribution in [1.82, 2.24) is 0 Å². The van der Waals surface area contributed by atoms with Crippen molar-refractivity contribution in [3.63, 3.8) is 0 Å². The zero-order chi connectivity index (χ0) is 17.9. The van der Waals surface area contributed by atoms with E-state index in [2.05, 4.69) is 17.0 Å². The van der Waals surface area contributed by atoms with Crippen LogP contribution in [0, 0.1) is 19.7 Å². The van der Waals surface area contributed by atoms with E-state index in [0.29, 0.717) is 11.6 Å². The molecule has 0 spiro atoms. The summed E-state index contributed by atoms with van der Waals surface area (Å²) in [6.07, 6.45) is 1.79. The van der Waals surface area contributed by atoms with Gasteiger partial charge in [0.25, 0.3) is 0 Å². The summed E-state index contributed by atoms with van der Waals surface area (Å²) in [5.74, 6) is 0.650. The van der Waals surface area contributed by atoms with E-state index >= 15 is 0 Å². The maximum Gasteiger partial charge on any atom is 0.124 e. The molecule has 0 N–H and O–H groups in total. The number of rotatable bonds is 5. The van der Waals surface area contributed by atoms with Crippen molar-refractivity contribution in [2.24, 2.45) is 0 Å². The van der Waals surface area contributed by atoms with Gasteiger partial charge in [-0.2, -0.15) is 0 Å². The molecule has 0 unspecified atom stereocenters. The van der Waals surface area contributed by atoms with Crippen LogP contribution in [0.5, 0.6) is 5.75 Å². The standard InChI is InChI=1S/C20H23ClFNO/c1-13-8-19(9-14(2)20(13)24-5)23(4)12-16-6-7-18(22)11-17(16)10-15(3)21/h6-11H,12H2,1-5H3/b15-10-. The van der Waals surface area contributed by atoms with Crippen LogP contribution in [-0.4, -0.2) is 14.2 Å². The maximum absolute atomic E-state index is 13.5. The summed E-state index contributed by atoms with van der Waals surface area (Å²) in [5, 5.41) is 0.626. The molecule has 128 valence electrons. The van der Waals surface area contributed by atoms with Crippen molar-refractivity contribution in [2.45, 2.75) is 27.3 Å². The second-order valence-electron chi connectivity index (χ2n) is 6.04. The Balaban J connectivity index is 2.33. The second-order valence-corrected chi connectivity index (χ2v) is 6.64. The summed E-state index contributed by atoms with van der Waals surface area (Å²) in [4.78, 5) is 2.13. The van der Waals surface area contributed by atoms with Crippen LogP contribution < -0.4 is 9.64 Å². The van der Waals surface area contributed by atoms with Crippen molar-refractivity contribution in [3.8, 4) is 5.75 Å². The quantitative estimate of drug-likeness (QED) is 0.689. The SMILES string of the molecule is COc1c(C)cc(N(C)Cc2ccc(F)cc2/C=C(/C)Cl)cc1C. The van der Waals surface area contributed by atoms with E-state index in [1.165, 1.54) is 12.1 Å². The highest BCUT2D eigenvalue weighted by atomic mass is 35.5. The monoisotopic (exact) mass is 347 g/mol. The van der Waals surface area contributed by atoms with Gasteiger partial charge in [-0.25, -0.2) is 4.39 Å². The number of hydrogen-bond donors (Lipinski definition) is 0. The molecule has 0 fully saturated rings. The molecule has 4 heteroatoms. The molecule has 0 atom stereocenters. The minimum absolute atomic E-state index is 0.262. The van der Waals surface area contributed by atoms with Gasteiger partial charge < -0.3 is 9.64 Å². The van der Waals surface area contributed by atoms with Gasteiger partial charge in [0.2, 0.25) is 0 Å². The van der Waals surface area contributed by atoms with Gasteiger partial charge >= 0.3 is 0 Å². The highest BCUT2D eigenvalue weighted by molar-refractivity contribution is 6.31. The summed E-state index contributed by atoms with van der Waals surface area (Å²) >= 11 is 5.98. The molecule has 0 aliphatic rings. The van der Waals surface area contributed by atoms with E-state index in [0.717, 1.165) is 33.7 Å². The normalized spacial score (nSPS) is 11.5. The van der Waals surface area contributed by atoms with Crippen LogP contribution >= 0.6 is 11.6 Å². The fourth-order valence-electron chi connectivity index (χ4n) is 2.88. The Bertz CT molecular complexity index is 743. The molecular formula is C20H23ClFNO. The first-order chi connectivity index (χ1) is 11.3. The summed E-state index contributed by atoms with van der Waals surface area (Å²) in [7, 11) is 3.70. The fourth-order valence-corrected chi connectivity index (χ4v) is 2.99. The Labute approximate surface area is 148 Å². The van der Waals surface area contributed by atoms with E-state index in [1.807, 2.05) is 20.9 Å². The van der Waals surface area contributed by atoms with E-state index in [1.54, 1.807) is 26.2 Å². The predicted octanol–water partition coefficient (Wildman–Crippen LogP) is 5.69. The Morgan fingerprint density at radius 3 is 2.38 bits per heavy atom. The Morgan fingerprint density at radius 2 is 1.83 bits per heavy atom. The van der Waals surface area contributed by atoms with E-state index in [9.17, 15) is 4.39 Å². The molecule has 2 aromatic carbocycles. The number of anilines is 1. The van der Waals surface area contributed by atoms with Crippen LogP contribution in [0.1, 0.15) is 29.2 Å². The summed E-state index contributed by atoms with van der Waals surface area (Å²) in [6, 6.07) is 8.99. The smallest absolute Gasteiger partial charge is 0.124 e. The molecule has 2 rings (SSSR count). The highest BCUT2D eigenvalue weighted by Gasteiger charge is 2.11.